The Morgan fingerprint density at radius 3 is 2.04 bits per heavy atom. The van der Waals surface area contributed by atoms with Gasteiger partial charge in [-0.2, -0.15) is 4.73 Å². The number of amides is 1. The summed E-state index contributed by atoms with van der Waals surface area (Å²) in [6.07, 6.45) is 8.60. The molecule has 1 heterocycles. The molecular formula is C19H32N2O4. The monoisotopic (exact) mass is 352 g/mol. The molecule has 6 nitrogen and oxygen atoms in total. The van der Waals surface area contributed by atoms with Crippen LogP contribution in [0.15, 0.2) is 4.79 Å². The van der Waals surface area contributed by atoms with Crippen molar-refractivity contribution in [2.24, 2.45) is 5.73 Å². The Labute approximate surface area is 149 Å². The van der Waals surface area contributed by atoms with Gasteiger partial charge in [0.25, 0.3) is 0 Å². The molecule has 1 amide bonds. The molecule has 0 bridgehead atoms. The van der Waals surface area contributed by atoms with Crippen molar-refractivity contribution in [3.05, 3.63) is 32.7 Å². The lowest BCUT2D eigenvalue weighted by Crippen LogP contribution is -2.22. The topological polar surface area (TPSA) is 94.5 Å². The zero-order valence-electron chi connectivity index (χ0n) is 15.8. The molecule has 0 radical (unpaired) electrons. The van der Waals surface area contributed by atoms with Gasteiger partial charge in [0.1, 0.15) is 0 Å². The Morgan fingerprint density at radius 2 is 1.48 bits per heavy atom. The average molecular weight is 352 g/mol. The maximum atomic E-state index is 12.3. The van der Waals surface area contributed by atoms with Crippen LogP contribution in [0, 0.1) is 20.8 Å². The Kier molecular flexibility index (Phi) is 9.10. The molecule has 1 aromatic rings. The number of unbranched alkanes of at least 4 members (excludes halogenated alkanes) is 7. The van der Waals surface area contributed by atoms with Gasteiger partial charge in [0.2, 0.25) is 0 Å². The van der Waals surface area contributed by atoms with Crippen molar-refractivity contribution in [1.29, 1.82) is 0 Å². The zero-order chi connectivity index (χ0) is 18.8. The Hall–Kier alpha value is -1.98. The van der Waals surface area contributed by atoms with Crippen molar-refractivity contribution in [2.75, 3.05) is 6.61 Å². The van der Waals surface area contributed by atoms with Crippen LogP contribution in [0.1, 0.15) is 73.9 Å². The molecule has 0 atom stereocenters. The smallest absolute Gasteiger partial charge is 0.404 e. The van der Waals surface area contributed by atoms with Gasteiger partial charge in [-0.25, -0.2) is 4.79 Å². The van der Waals surface area contributed by atoms with E-state index in [1.165, 1.54) is 12.8 Å². The quantitative estimate of drug-likeness (QED) is 0.468. The van der Waals surface area contributed by atoms with E-state index in [4.69, 9.17) is 5.73 Å². The highest BCUT2D eigenvalue weighted by Crippen LogP contribution is 2.14. The highest BCUT2D eigenvalue weighted by atomic mass is 16.5. The van der Waals surface area contributed by atoms with Gasteiger partial charge < -0.3 is 15.7 Å². The summed E-state index contributed by atoms with van der Waals surface area (Å²) in [5.41, 5.74) is 7.60. The first-order valence-electron chi connectivity index (χ1n) is 9.19. The summed E-state index contributed by atoms with van der Waals surface area (Å²) < 4.78 is 5.81. The molecule has 0 spiro atoms. The summed E-state index contributed by atoms with van der Waals surface area (Å²) in [6.45, 7) is 5.73. The van der Waals surface area contributed by atoms with Gasteiger partial charge in [-0.05, 0) is 40.0 Å². The summed E-state index contributed by atoms with van der Waals surface area (Å²) >= 11 is 0. The minimum Gasteiger partial charge on any atom is -0.450 e. The summed E-state index contributed by atoms with van der Waals surface area (Å²) in [4.78, 5) is 22.7. The van der Waals surface area contributed by atoms with E-state index >= 15 is 0 Å². The predicted molar refractivity (Wildman–Crippen MR) is 98.3 cm³/mol. The lowest BCUT2D eigenvalue weighted by Gasteiger charge is -2.14. The van der Waals surface area contributed by atoms with Crippen LogP contribution in [-0.4, -0.2) is 22.6 Å². The number of hydrogen-bond acceptors (Lipinski definition) is 4. The van der Waals surface area contributed by atoms with E-state index in [2.05, 4.69) is 4.74 Å². The number of nitrogens with two attached hydrogens (primary N) is 1. The number of nitrogens with zero attached hydrogens (tertiary/aromatic N) is 1. The lowest BCUT2D eigenvalue weighted by atomic mass is 10.0. The number of hydrogen-bond donors (Lipinski definition) is 2. The molecule has 0 saturated heterocycles. The fourth-order valence-corrected chi connectivity index (χ4v) is 3.02. The summed E-state index contributed by atoms with van der Waals surface area (Å²) in [6, 6.07) is 0. The maximum Gasteiger partial charge on any atom is 0.404 e. The second kappa shape index (κ2) is 10.8. The third kappa shape index (κ3) is 6.80. The molecule has 142 valence electrons. The van der Waals surface area contributed by atoms with Crippen LogP contribution in [0.25, 0.3) is 0 Å². The van der Waals surface area contributed by atoms with Gasteiger partial charge >= 0.3 is 6.09 Å². The first-order chi connectivity index (χ1) is 11.9. The molecule has 1 aromatic heterocycles. The first-order valence-corrected chi connectivity index (χ1v) is 9.19. The van der Waals surface area contributed by atoms with E-state index in [0.717, 1.165) is 55.2 Å². The molecule has 1 rings (SSSR count). The van der Waals surface area contributed by atoms with E-state index in [0.29, 0.717) is 23.6 Å². The van der Waals surface area contributed by atoms with Crippen molar-refractivity contribution in [2.45, 2.75) is 78.6 Å². The third-order valence-electron chi connectivity index (χ3n) is 4.79. The van der Waals surface area contributed by atoms with Gasteiger partial charge in [-0.15, -0.1) is 0 Å². The Bertz CT molecular complexity index is 623. The van der Waals surface area contributed by atoms with Crippen LogP contribution in [0.5, 0.6) is 0 Å². The number of rotatable bonds is 11. The minimum atomic E-state index is -0.702. The van der Waals surface area contributed by atoms with Gasteiger partial charge in [-0.3, -0.25) is 4.79 Å². The summed E-state index contributed by atoms with van der Waals surface area (Å²) in [5, 5.41) is 10.0. The predicted octanol–water partition coefficient (Wildman–Crippen LogP) is 3.77. The molecule has 0 aliphatic heterocycles. The van der Waals surface area contributed by atoms with Crippen molar-refractivity contribution < 1.29 is 14.7 Å². The molecule has 3 N–H and O–H groups in total. The highest BCUT2D eigenvalue weighted by molar-refractivity contribution is 5.64. The Morgan fingerprint density at radius 1 is 0.960 bits per heavy atom. The molecule has 0 saturated carbocycles. The molecule has 0 aromatic carbocycles. The van der Waals surface area contributed by atoms with E-state index in [9.17, 15) is 14.8 Å². The van der Waals surface area contributed by atoms with Crippen LogP contribution >= 0.6 is 0 Å². The maximum absolute atomic E-state index is 12.3. The largest absolute Gasteiger partial charge is 0.450 e. The van der Waals surface area contributed by atoms with Crippen molar-refractivity contribution in [3.8, 4) is 0 Å². The number of primary amides is 1. The van der Waals surface area contributed by atoms with Crippen molar-refractivity contribution in [3.63, 3.8) is 0 Å². The Balaban J connectivity index is 2.19. The molecule has 6 heteroatoms. The van der Waals surface area contributed by atoms with E-state index in [-0.39, 0.29) is 5.43 Å². The molecular weight excluding hydrogens is 320 g/mol. The van der Waals surface area contributed by atoms with E-state index in [1.54, 1.807) is 20.8 Å². The van der Waals surface area contributed by atoms with Crippen LogP contribution < -0.4 is 11.2 Å². The summed E-state index contributed by atoms with van der Waals surface area (Å²) in [7, 11) is 0. The summed E-state index contributed by atoms with van der Waals surface area (Å²) in [5.74, 6) is 0. The molecule has 0 unspecified atom stereocenters. The number of pyridine rings is 1. The number of carbonyl (C=O) groups excluding carboxylic acids is 1. The van der Waals surface area contributed by atoms with E-state index < -0.39 is 6.09 Å². The fraction of sp³-hybridized carbons (Fsp3) is 0.684. The van der Waals surface area contributed by atoms with Gasteiger partial charge in [0, 0.05) is 11.1 Å². The van der Waals surface area contributed by atoms with Crippen molar-refractivity contribution in [1.82, 2.24) is 4.73 Å². The van der Waals surface area contributed by atoms with Gasteiger partial charge in [-0.1, -0.05) is 38.5 Å². The number of carbonyl (C=O) groups is 1. The number of aromatic nitrogens is 1. The highest BCUT2D eigenvalue weighted by Gasteiger charge is 2.13. The van der Waals surface area contributed by atoms with Crippen LogP contribution in [0.4, 0.5) is 4.79 Å². The molecule has 25 heavy (non-hydrogen) atoms. The van der Waals surface area contributed by atoms with Crippen LogP contribution in [-0.2, 0) is 11.2 Å². The third-order valence-corrected chi connectivity index (χ3v) is 4.79. The van der Waals surface area contributed by atoms with Gasteiger partial charge in [0.15, 0.2) is 5.43 Å². The standard InChI is InChI=1S/C19H32N2O4/c1-14-15(2)21(24)16(3)17(18(14)22)12-10-8-6-4-5-7-9-11-13-25-19(20)23/h24H,4-13H2,1-3H3,(H2,20,23). The zero-order valence-corrected chi connectivity index (χ0v) is 15.8. The second-order valence-electron chi connectivity index (χ2n) is 6.66. The second-order valence-corrected chi connectivity index (χ2v) is 6.66. The average Bonchev–Trinajstić information content (AvgIpc) is 2.58. The molecule has 0 fully saturated rings. The normalized spacial score (nSPS) is 10.8. The SMILES string of the molecule is Cc1c(C)n(O)c(C)c(CCCCCCCCCCOC(N)=O)c1=O. The molecule has 0 aliphatic carbocycles. The van der Waals surface area contributed by atoms with Crippen LogP contribution in [0.3, 0.4) is 0 Å². The lowest BCUT2D eigenvalue weighted by molar-refractivity contribution is 0.154. The van der Waals surface area contributed by atoms with Gasteiger partial charge in [0.05, 0.1) is 18.0 Å². The van der Waals surface area contributed by atoms with Crippen molar-refractivity contribution >= 4 is 6.09 Å². The van der Waals surface area contributed by atoms with E-state index in [1.807, 2.05) is 0 Å². The minimum absolute atomic E-state index is 0.0680. The molecule has 0 aliphatic rings. The first kappa shape index (κ1) is 21.1. The number of ether oxygens (including phenoxy) is 1. The van der Waals surface area contributed by atoms with Crippen LogP contribution in [0.2, 0.25) is 0 Å². The fourth-order valence-electron chi connectivity index (χ4n) is 3.02.